The summed E-state index contributed by atoms with van der Waals surface area (Å²) in [5.41, 5.74) is 1.86. The summed E-state index contributed by atoms with van der Waals surface area (Å²) in [4.78, 5) is 19.9. The molecule has 1 aliphatic carbocycles. The van der Waals surface area contributed by atoms with Crippen LogP contribution in [-0.4, -0.2) is 73.1 Å². The van der Waals surface area contributed by atoms with Gasteiger partial charge in [0.05, 0.1) is 6.04 Å². The van der Waals surface area contributed by atoms with Gasteiger partial charge in [0, 0.05) is 56.6 Å². The Kier molecular flexibility index (Phi) is 8.31. The molecule has 0 bridgehead atoms. The molecule has 200 valence electrons. The van der Waals surface area contributed by atoms with Crippen LogP contribution in [0, 0.1) is 11.3 Å². The fraction of sp³-hybridized carbons (Fsp3) is 0.370. The number of halogens is 2. The Morgan fingerprint density at radius 3 is 2.79 bits per heavy atom. The lowest BCUT2D eigenvalue weighted by Gasteiger charge is -2.36. The van der Waals surface area contributed by atoms with Crippen molar-refractivity contribution in [2.45, 2.75) is 26.1 Å². The number of nitrogens with zero attached hydrogens (tertiary/aromatic N) is 4. The summed E-state index contributed by atoms with van der Waals surface area (Å²) >= 11 is 0. The zero-order valence-electron chi connectivity index (χ0n) is 21.4. The molecule has 0 saturated carbocycles. The van der Waals surface area contributed by atoms with Gasteiger partial charge in [0.15, 0.2) is 17.2 Å². The van der Waals surface area contributed by atoms with Gasteiger partial charge in [-0.1, -0.05) is 18.7 Å². The largest absolute Gasteiger partial charge is 0.437 e. The van der Waals surface area contributed by atoms with Gasteiger partial charge in [0.25, 0.3) is 0 Å². The summed E-state index contributed by atoms with van der Waals surface area (Å²) in [6.45, 7) is 10.3. The van der Waals surface area contributed by atoms with Gasteiger partial charge < -0.3 is 30.5 Å². The molecule has 3 N–H and O–H groups in total. The molecule has 11 heteroatoms. The van der Waals surface area contributed by atoms with Crippen molar-refractivity contribution < 1.29 is 18.3 Å². The van der Waals surface area contributed by atoms with E-state index in [1.54, 1.807) is 26.0 Å². The number of rotatable bonds is 7. The van der Waals surface area contributed by atoms with Gasteiger partial charge in [0.2, 0.25) is 11.8 Å². The number of piperazine rings is 1. The Labute approximate surface area is 220 Å². The highest BCUT2D eigenvalue weighted by Crippen LogP contribution is 2.35. The summed E-state index contributed by atoms with van der Waals surface area (Å²) in [5.74, 6) is -0.597. The van der Waals surface area contributed by atoms with Crippen LogP contribution in [0.5, 0.6) is 0 Å². The van der Waals surface area contributed by atoms with Crippen LogP contribution < -0.4 is 16.0 Å². The predicted octanol–water partition coefficient (Wildman–Crippen LogP) is 2.41. The first kappa shape index (κ1) is 26.7. The third-order valence-corrected chi connectivity index (χ3v) is 6.51. The van der Waals surface area contributed by atoms with Gasteiger partial charge in [-0.3, -0.25) is 4.79 Å². The number of amides is 1. The zero-order valence-corrected chi connectivity index (χ0v) is 21.4. The first-order valence-electron chi connectivity index (χ1n) is 12.4. The lowest BCUT2D eigenvalue weighted by Crippen LogP contribution is -2.47. The SMILES string of the molecule is C=C/C=C(\C=C/CNC1=NCNC(OC2=C[C@H](F)C3NC(C)=CC3=C2F)=C1C#N)N1CCN(C(C)=O)CC1. The topological polar surface area (TPSA) is 105 Å². The molecular formula is C27H31F2N7O2. The number of carbonyl (C=O) groups is 1. The van der Waals surface area contributed by atoms with Crippen molar-refractivity contribution >= 4 is 11.7 Å². The van der Waals surface area contributed by atoms with E-state index in [4.69, 9.17) is 4.74 Å². The molecule has 4 aliphatic rings. The van der Waals surface area contributed by atoms with E-state index in [-0.39, 0.29) is 41.2 Å². The molecule has 0 aromatic rings. The van der Waals surface area contributed by atoms with E-state index >= 15 is 4.39 Å². The van der Waals surface area contributed by atoms with Gasteiger partial charge in [-0.05, 0) is 31.2 Å². The molecule has 1 fully saturated rings. The molecule has 3 aliphatic heterocycles. The number of fused-ring (bicyclic) bond motifs is 1. The number of hydrogen-bond donors (Lipinski definition) is 3. The van der Waals surface area contributed by atoms with Crippen molar-refractivity contribution in [2.75, 3.05) is 39.4 Å². The van der Waals surface area contributed by atoms with Crippen molar-refractivity contribution in [1.29, 1.82) is 5.26 Å². The first-order valence-corrected chi connectivity index (χ1v) is 12.4. The van der Waals surface area contributed by atoms with E-state index in [2.05, 4.69) is 32.4 Å². The Morgan fingerprint density at radius 1 is 1.37 bits per heavy atom. The van der Waals surface area contributed by atoms with Crippen molar-refractivity contribution in [3.05, 3.63) is 83.0 Å². The number of nitrogens with one attached hydrogen (secondary N) is 3. The van der Waals surface area contributed by atoms with Crippen LogP contribution in [0.3, 0.4) is 0 Å². The number of ether oxygens (including phenoxy) is 1. The second kappa shape index (κ2) is 11.8. The van der Waals surface area contributed by atoms with Crippen LogP contribution in [0.1, 0.15) is 13.8 Å². The summed E-state index contributed by atoms with van der Waals surface area (Å²) in [6.07, 6.45) is 8.56. The Morgan fingerprint density at radius 2 is 2.11 bits per heavy atom. The van der Waals surface area contributed by atoms with E-state index in [1.807, 2.05) is 29.2 Å². The van der Waals surface area contributed by atoms with Crippen LogP contribution in [-0.2, 0) is 9.53 Å². The highest BCUT2D eigenvalue weighted by atomic mass is 19.1. The predicted molar refractivity (Wildman–Crippen MR) is 140 cm³/mol. The van der Waals surface area contributed by atoms with Crippen LogP contribution in [0.15, 0.2) is 88.0 Å². The number of hydrogen-bond acceptors (Lipinski definition) is 8. The number of allylic oxidation sites excluding steroid dienone is 5. The quantitative estimate of drug-likeness (QED) is 0.440. The maximum Gasteiger partial charge on any atom is 0.219 e. The van der Waals surface area contributed by atoms with Crippen LogP contribution in [0.2, 0.25) is 0 Å². The van der Waals surface area contributed by atoms with E-state index in [0.29, 0.717) is 38.4 Å². The Hall–Kier alpha value is -4.33. The summed E-state index contributed by atoms with van der Waals surface area (Å²) < 4.78 is 35.3. The summed E-state index contributed by atoms with van der Waals surface area (Å²) in [6, 6.07) is 1.25. The minimum atomic E-state index is -1.48. The maximum absolute atomic E-state index is 15.0. The Balaban J connectivity index is 1.40. The highest BCUT2D eigenvalue weighted by Gasteiger charge is 2.36. The van der Waals surface area contributed by atoms with E-state index in [9.17, 15) is 14.4 Å². The molecule has 38 heavy (non-hydrogen) atoms. The second-order valence-electron chi connectivity index (χ2n) is 9.06. The number of aliphatic imine (C=N–C) groups is 1. The average molecular weight is 524 g/mol. The lowest BCUT2D eigenvalue weighted by atomic mass is 9.97. The molecule has 0 radical (unpaired) electrons. The average Bonchev–Trinajstić information content (AvgIpc) is 3.31. The normalized spacial score (nSPS) is 23.7. The molecule has 2 atom stereocenters. The third kappa shape index (κ3) is 5.80. The highest BCUT2D eigenvalue weighted by molar-refractivity contribution is 6.02. The number of alkyl halides is 1. The van der Waals surface area contributed by atoms with Crippen LogP contribution in [0.25, 0.3) is 0 Å². The molecular weight excluding hydrogens is 492 g/mol. The molecule has 0 aromatic heterocycles. The standard InChI is InChI=1S/C27H31F2N7O2/c1-4-6-19(36-11-9-35(10-12-36)18(3)37)7-5-8-31-26-21(15-30)27(33-16-32-26)38-23-14-22(28)25-20(24(23)29)13-17(2)34-25/h4-7,13-14,22,25,33-34H,1,8-12,16H2,2-3H3,(H,31,32)/b7-5-,19-6+/t22-,25?/m0/s1. The minimum absolute atomic E-state index is 0.00358. The fourth-order valence-corrected chi connectivity index (χ4v) is 4.59. The van der Waals surface area contributed by atoms with Crippen molar-refractivity contribution in [3.63, 3.8) is 0 Å². The summed E-state index contributed by atoms with van der Waals surface area (Å²) in [7, 11) is 0. The van der Waals surface area contributed by atoms with Gasteiger partial charge in [-0.25, -0.2) is 13.8 Å². The molecule has 0 spiro atoms. The maximum atomic E-state index is 15.0. The zero-order chi connectivity index (χ0) is 27.2. The number of carbonyl (C=O) groups excluding carboxylic acids is 1. The lowest BCUT2D eigenvalue weighted by molar-refractivity contribution is -0.130. The first-order chi connectivity index (χ1) is 18.3. The minimum Gasteiger partial charge on any atom is -0.437 e. The van der Waals surface area contributed by atoms with Crippen molar-refractivity contribution in [1.82, 2.24) is 25.8 Å². The van der Waals surface area contributed by atoms with Crippen LogP contribution in [0.4, 0.5) is 8.78 Å². The number of amidine groups is 1. The van der Waals surface area contributed by atoms with Gasteiger partial charge in [-0.15, -0.1) is 0 Å². The fourth-order valence-electron chi connectivity index (χ4n) is 4.59. The molecule has 1 unspecified atom stereocenters. The van der Waals surface area contributed by atoms with Gasteiger partial charge in [-0.2, -0.15) is 5.26 Å². The smallest absolute Gasteiger partial charge is 0.219 e. The molecule has 1 saturated heterocycles. The number of nitriles is 1. The molecule has 9 nitrogen and oxygen atoms in total. The van der Waals surface area contributed by atoms with Gasteiger partial charge in [0.1, 0.15) is 24.7 Å². The van der Waals surface area contributed by atoms with Gasteiger partial charge >= 0.3 is 0 Å². The van der Waals surface area contributed by atoms with E-state index < -0.39 is 18.0 Å². The van der Waals surface area contributed by atoms with Crippen molar-refractivity contribution in [3.8, 4) is 6.07 Å². The van der Waals surface area contributed by atoms with Crippen molar-refractivity contribution in [2.24, 2.45) is 4.99 Å². The van der Waals surface area contributed by atoms with Crippen LogP contribution >= 0.6 is 0 Å². The summed E-state index contributed by atoms with van der Waals surface area (Å²) in [5, 5.41) is 18.6. The van der Waals surface area contributed by atoms with E-state index in [0.717, 1.165) is 11.8 Å². The molecule has 3 heterocycles. The Bertz CT molecular complexity index is 1240. The second-order valence-corrected chi connectivity index (χ2v) is 9.06. The molecule has 1 amide bonds. The van der Waals surface area contributed by atoms with E-state index in [1.165, 1.54) is 0 Å². The third-order valence-electron chi connectivity index (χ3n) is 6.51. The molecule has 0 aromatic carbocycles. The monoisotopic (exact) mass is 523 g/mol. The molecule has 4 rings (SSSR count).